The number of nitrogens with one attached hydrogen (secondary N) is 1. The lowest BCUT2D eigenvalue weighted by Gasteiger charge is -2.32. The average Bonchev–Trinajstić information content (AvgIpc) is 2.53. The molecule has 1 aromatic rings. The Labute approximate surface area is 140 Å². The van der Waals surface area contributed by atoms with E-state index >= 15 is 0 Å². The van der Waals surface area contributed by atoms with Crippen LogP contribution in [0.15, 0.2) is 29.2 Å². The van der Waals surface area contributed by atoms with Gasteiger partial charge in [0.15, 0.2) is 0 Å². The minimum atomic E-state index is -3.46. The molecule has 0 aromatic heterocycles. The molecule has 1 aliphatic heterocycles. The van der Waals surface area contributed by atoms with Crippen LogP contribution in [0, 0.1) is 0 Å². The average molecular weight is 340 g/mol. The quantitative estimate of drug-likeness (QED) is 0.890. The molecule has 1 atom stereocenters. The normalized spacial score (nSPS) is 18.8. The van der Waals surface area contributed by atoms with Crippen LogP contribution in [0.25, 0.3) is 0 Å². The molecule has 0 amide bonds. The maximum atomic E-state index is 12.4. The minimum Gasteiger partial charge on any atom is -0.379 e. The third kappa shape index (κ3) is 5.01. The molecule has 0 aliphatic carbocycles. The van der Waals surface area contributed by atoms with Crippen LogP contribution < -0.4 is 4.72 Å². The Balaban J connectivity index is 1.98. The smallest absolute Gasteiger partial charge is 0.240 e. The van der Waals surface area contributed by atoms with Crippen LogP contribution in [-0.2, 0) is 20.2 Å². The first kappa shape index (κ1) is 18.4. The molecule has 0 radical (unpaired) electrons. The summed E-state index contributed by atoms with van der Waals surface area (Å²) in [6.07, 6.45) is 0. The van der Waals surface area contributed by atoms with Crippen molar-refractivity contribution in [2.24, 2.45) is 0 Å². The van der Waals surface area contributed by atoms with E-state index in [1.165, 1.54) is 0 Å². The fraction of sp³-hybridized carbons (Fsp3) is 0.647. The van der Waals surface area contributed by atoms with Crippen molar-refractivity contribution in [3.63, 3.8) is 0 Å². The topological polar surface area (TPSA) is 58.6 Å². The molecule has 0 saturated carbocycles. The lowest BCUT2D eigenvalue weighted by Crippen LogP contribution is -2.47. The van der Waals surface area contributed by atoms with E-state index in [2.05, 4.69) is 30.4 Å². The van der Waals surface area contributed by atoms with E-state index < -0.39 is 10.0 Å². The first-order valence-electron chi connectivity index (χ1n) is 8.12. The van der Waals surface area contributed by atoms with Gasteiger partial charge < -0.3 is 4.74 Å². The second kappa shape index (κ2) is 7.30. The Bertz CT molecular complexity index is 600. The van der Waals surface area contributed by atoms with Crippen LogP contribution in [0.2, 0.25) is 0 Å². The number of sulfonamides is 1. The van der Waals surface area contributed by atoms with Crippen LogP contribution in [0.5, 0.6) is 0 Å². The van der Waals surface area contributed by atoms with Gasteiger partial charge in [0.25, 0.3) is 0 Å². The molecule has 1 aromatic carbocycles. The zero-order valence-electron chi connectivity index (χ0n) is 14.5. The molecule has 1 saturated heterocycles. The molecule has 6 heteroatoms. The van der Waals surface area contributed by atoms with Crippen molar-refractivity contribution in [1.82, 2.24) is 9.62 Å². The Kier molecular flexibility index (Phi) is 5.84. The Morgan fingerprint density at radius 1 is 1.17 bits per heavy atom. The van der Waals surface area contributed by atoms with Gasteiger partial charge in [-0.2, -0.15) is 0 Å². The van der Waals surface area contributed by atoms with E-state index in [9.17, 15) is 8.42 Å². The van der Waals surface area contributed by atoms with E-state index in [4.69, 9.17) is 4.74 Å². The molecule has 1 aliphatic rings. The summed E-state index contributed by atoms with van der Waals surface area (Å²) in [7, 11) is -3.46. The van der Waals surface area contributed by atoms with Gasteiger partial charge in [-0.15, -0.1) is 0 Å². The number of rotatable bonds is 5. The summed E-state index contributed by atoms with van der Waals surface area (Å²) in [4.78, 5) is 2.56. The van der Waals surface area contributed by atoms with E-state index in [1.807, 2.05) is 19.1 Å². The van der Waals surface area contributed by atoms with Crippen molar-refractivity contribution in [3.8, 4) is 0 Å². The Hall–Kier alpha value is -0.950. The Morgan fingerprint density at radius 3 is 2.26 bits per heavy atom. The largest absolute Gasteiger partial charge is 0.379 e. The fourth-order valence-electron chi connectivity index (χ4n) is 2.60. The van der Waals surface area contributed by atoms with Gasteiger partial charge in [0, 0.05) is 25.7 Å². The Morgan fingerprint density at radius 2 is 1.74 bits per heavy atom. The molecular formula is C17H28N2O3S. The first-order chi connectivity index (χ1) is 10.7. The maximum Gasteiger partial charge on any atom is 0.240 e. The highest BCUT2D eigenvalue weighted by Crippen LogP contribution is 2.23. The summed E-state index contributed by atoms with van der Waals surface area (Å²) < 4.78 is 32.9. The lowest BCUT2D eigenvalue weighted by molar-refractivity contribution is 0.0213. The number of ether oxygens (including phenoxy) is 1. The summed E-state index contributed by atoms with van der Waals surface area (Å²) in [6, 6.07) is 7.30. The summed E-state index contributed by atoms with van der Waals surface area (Å²) in [6.45, 7) is 11.9. The number of hydrogen-bond acceptors (Lipinski definition) is 4. The van der Waals surface area contributed by atoms with Gasteiger partial charge in [0.1, 0.15) is 0 Å². The highest BCUT2D eigenvalue weighted by Gasteiger charge is 2.21. The van der Waals surface area contributed by atoms with Crippen LogP contribution >= 0.6 is 0 Å². The predicted octanol–water partition coefficient (Wildman–Crippen LogP) is 1.98. The van der Waals surface area contributed by atoms with Gasteiger partial charge in [0.2, 0.25) is 10.0 Å². The van der Waals surface area contributed by atoms with E-state index in [1.54, 1.807) is 12.1 Å². The third-order valence-electron chi connectivity index (χ3n) is 4.27. The predicted molar refractivity (Wildman–Crippen MR) is 92.2 cm³/mol. The molecule has 130 valence electrons. The van der Waals surface area contributed by atoms with Crippen molar-refractivity contribution in [3.05, 3.63) is 29.8 Å². The molecule has 2 rings (SSSR count). The van der Waals surface area contributed by atoms with Gasteiger partial charge in [-0.25, -0.2) is 13.1 Å². The molecule has 0 unspecified atom stereocenters. The molecule has 5 nitrogen and oxygen atoms in total. The van der Waals surface area contributed by atoms with Crippen molar-refractivity contribution in [2.45, 2.75) is 44.0 Å². The minimum absolute atomic E-state index is 0.0145. The zero-order chi connectivity index (χ0) is 17.1. The van der Waals surface area contributed by atoms with Gasteiger partial charge in [-0.1, -0.05) is 32.9 Å². The van der Waals surface area contributed by atoms with Gasteiger partial charge >= 0.3 is 0 Å². The first-order valence-corrected chi connectivity index (χ1v) is 9.60. The van der Waals surface area contributed by atoms with Crippen LogP contribution in [-0.4, -0.2) is 52.2 Å². The SMILES string of the molecule is C[C@H](CNS(=O)(=O)c1ccc(C(C)(C)C)cc1)N1CCOCC1. The summed E-state index contributed by atoms with van der Waals surface area (Å²) in [5, 5.41) is 0. The van der Waals surface area contributed by atoms with E-state index in [-0.39, 0.29) is 11.5 Å². The second-order valence-electron chi connectivity index (χ2n) is 7.12. The summed E-state index contributed by atoms with van der Waals surface area (Å²) in [5.74, 6) is 0. The third-order valence-corrected chi connectivity index (χ3v) is 5.71. The molecule has 1 fully saturated rings. The highest BCUT2D eigenvalue weighted by molar-refractivity contribution is 7.89. The lowest BCUT2D eigenvalue weighted by atomic mass is 9.87. The molecular weight excluding hydrogens is 312 g/mol. The van der Waals surface area contributed by atoms with E-state index in [0.29, 0.717) is 24.7 Å². The molecule has 0 bridgehead atoms. The van der Waals surface area contributed by atoms with Crippen molar-refractivity contribution < 1.29 is 13.2 Å². The van der Waals surface area contributed by atoms with Gasteiger partial charge in [-0.3, -0.25) is 4.90 Å². The monoisotopic (exact) mass is 340 g/mol. The standard InChI is InChI=1S/C17H28N2O3S/c1-14(19-9-11-22-12-10-19)13-18-23(20,21)16-7-5-15(6-8-16)17(2,3)4/h5-8,14,18H,9-13H2,1-4H3/t14-/m1/s1. The van der Waals surface area contributed by atoms with Crippen LogP contribution in [0.1, 0.15) is 33.3 Å². The zero-order valence-corrected chi connectivity index (χ0v) is 15.3. The molecule has 1 N–H and O–H groups in total. The number of benzene rings is 1. The molecule has 1 heterocycles. The molecule has 23 heavy (non-hydrogen) atoms. The van der Waals surface area contributed by atoms with Crippen molar-refractivity contribution >= 4 is 10.0 Å². The fourth-order valence-corrected chi connectivity index (χ4v) is 3.72. The van der Waals surface area contributed by atoms with Gasteiger partial charge in [-0.05, 0) is 30.0 Å². The van der Waals surface area contributed by atoms with Gasteiger partial charge in [0.05, 0.1) is 18.1 Å². The van der Waals surface area contributed by atoms with Crippen molar-refractivity contribution in [1.29, 1.82) is 0 Å². The second-order valence-corrected chi connectivity index (χ2v) is 8.89. The number of hydrogen-bond donors (Lipinski definition) is 1. The van der Waals surface area contributed by atoms with Crippen LogP contribution in [0.3, 0.4) is 0 Å². The number of morpholine rings is 1. The number of nitrogens with zero attached hydrogens (tertiary/aromatic N) is 1. The van der Waals surface area contributed by atoms with Crippen LogP contribution in [0.4, 0.5) is 0 Å². The molecule has 0 spiro atoms. The van der Waals surface area contributed by atoms with E-state index in [0.717, 1.165) is 18.7 Å². The summed E-state index contributed by atoms with van der Waals surface area (Å²) in [5.41, 5.74) is 1.14. The summed E-state index contributed by atoms with van der Waals surface area (Å²) >= 11 is 0. The van der Waals surface area contributed by atoms with Crippen molar-refractivity contribution in [2.75, 3.05) is 32.8 Å². The highest BCUT2D eigenvalue weighted by atomic mass is 32.2. The maximum absolute atomic E-state index is 12.4.